The highest BCUT2D eigenvalue weighted by Crippen LogP contribution is 2.29. The van der Waals surface area contributed by atoms with Gasteiger partial charge in [0.15, 0.2) is 0 Å². The lowest BCUT2D eigenvalue weighted by Gasteiger charge is -2.36. The number of nitrogens with zero attached hydrogens (tertiary/aromatic N) is 4. The largest absolute Gasteiger partial charge is 0.417 e. The molecule has 0 aliphatic carbocycles. The van der Waals surface area contributed by atoms with Crippen molar-refractivity contribution in [2.75, 3.05) is 44.2 Å². The Labute approximate surface area is 166 Å². The Hall–Kier alpha value is -2.40. The number of alkyl halides is 3. The summed E-state index contributed by atoms with van der Waals surface area (Å²) >= 11 is 0. The van der Waals surface area contributed by atoms with Crippen LogP contribution < -0.4 is 10.2 Å². The number of aliphatic hydroxyl groups is 1. The molecule has 0 saturated carbocycles. The van der Waals surface area contributed by atoms with Gasteiger partial charge in [0.05, 0.1) is 18.2 Å². The number of anilines is 1. The topological polar surface area (TPSA) is 89.0 Å². The number of urea groups is 1. The number of amides is 3. The van der Waals surface area contributed by atoms with Crippen LogP contribution in [-0.4, -0.2) is 82.7 Å². The molecule has 3 amide bonds. The summed E-state index contributed by atoms with van der Waals surface area (Å²) in [5.41, 5.74) is -1.76. The summed E-state index contributed by atoms with van der Waals surface area (Å²) in [4.78, 5) is 32.9. The molecule has 1 unspecified atom stereocenters. The van der Waals surface area contributed by atoms with E-state index in [0.29, 0.717) is 32.0 Å². The summed E-state index contributed by atoms with van der Waals surface area (Å²) in [6, 6.07) is 1.85. The number of carbonyl (C=O) groups excluding carboxylic acids is 2. The summed E-state index contributed by atoms with van der Waals surface area (Å²) in [7, 11) is 0. The molecule has 2 saturated heterocycles. The lowest BCUT2D eigenvalue weighted by Crippen LogP contribution is -2.51. The fourth-order valence-electron chi connectivity index (χ4n) is 3.45. The third-order valence-electron chi connectivity index (χ3n) is 5.08. The number of nitrogens with one attached hydrogen (secondary N) is 1. The van der Waals surface area contributed by atoms with Gasteiger partial charge in [-0.1, -0.05) is 0 Å². The van der Waals surface area contributed by atoms with Crippen molar-refractivity contribution in [3.63, 3.8) is 0 Å². The van der Waals surface area contributed by atoms with Crippen molar-refractivity contribution in [3.8, 4) is 0 Å². The third-order valence-corrected chi connectivity index (χ3v) is 5.08. The number of hydrogen-bond acceptors (Lipinski definition) is 6. The lowest BCUT2D eigenvalue weighted by atomic mass is 10.1. The number of rotatable bonds is 5. The second-order valence-corrected chi connectivity index (χ2v) is 7.82. The van der Waals surface area contributed by atoms with E-state index in [1.807, 2.05) is 9.80 Å². The first-order valence-corrected chi connectivity index (χ1v) is 9.30. The van der Waals surface area contributed by atoms with E-state index in [9.17, 15) is 27.9 Å². The van der Waals surface area contributed by atoms with E-state index in [-0.39, 0.29) is 19.0 Å². The normalized spacial score (nSPS) is 21.4. The maximum absolute atomic E-state index is 12.6. The molecule has 1 aromatic rings. The van der Waals surface area contributed by atoms with Gasteiger partial charge in [0, 0.05) is 38.9 Å². The Kier molecular flexibility index (Phi) is 5.72. The maximum atomic E-state index is 12.6. The smallest absolute Gasteiger partial charge is 0.390 e. The maximum Gasteiger partial charge on any atom is 0.417 e. The number of β-amino-alcohol motifs (C(OH)–C–C–N with tert-alkyl or cyclic N) is 1. The number of hydrogen-bond donors (Lipinski definition) is 2. The SMILES string of the molecule is CC1(C)NC(=O)N(CC(O)CN2CCN(c3ccc(C(F)(F)F)cn3)CC2)C1=O. The number of aliphatic hydroxyl groups excluding tert-OH is 1. The molecule has 8 nitrogen and oxygen atoms in total. The van der Waals surface area contributed by atoms with Crippen LogP contribution >= 0.6 is 0 Å². The van der Waals surface area contributed by atoms with Crippen LogP contribution in [0.2, 0.25) is 0 Å². The first-order chi connectivity index (χ1) is 13.5. The van der Waals surface area contributed by atoms with Gasteiger partial charge in [-0.2, -0.15) is 13.2 Å². The lowest BCUT2D eigenvalue weighted by molar-refractivity contribution is -0.137. The Balaban J connectivity index is 1.48. The van der Waals surface area contributed by atoms with Crippen molar-refractivity contribution in [2.45, 2.75) is 31.7 Å². The van der Waals surface area contributed by atoms with Gasteiger partial charge in [-0.25, -0.2) is 9.78 Å². The highest BCUT2D eigenvalue weighted by atomic mass is 19.4. The second-order valence-electron chi connectivity index (χ2n) is 7.82. The standard InChI is InChI=1S/C18H24F3N5O3/c1-17(2)15(28)26(16(29)23-17)11-13(27)10-24-5-7-25(8-6-24)14-4-3-12(9-22-14)18(19,20)21/h3-4,9,13,27H,5-8,10-11H2,1-2H3,(H,23,29). The molecule has 0 spiro atoms. The van der Waals surface area contributed by atoms with Gasteiger partial charge in [-0.3, -0.25) is 14.6 Å². The Morgan fingerprint density at radius 2 is 1.83 bits per heavy atom. The monoisotopic (exact) mass is 415 g/mol. The number of carbonyl (C=O) groups is 2. The van der Waals surface area contributed by atoms with E-state index in [1.165, 1.54) is 6.07 Å². The molecule has 2 fully saturated rings. The first-order valence-electron chi connectivity index (χ1n) is 9.30. The summed E-state index contributed by atoms with van der Waals surface area (Å²) in [5.74, 6) is 0.0968. The average molecular weight is 415 g/mol. The van der Waals surface area contributed by atoms with E-state index in [1.54, 1.807) is 13.8 Å². The van der Waals surface area contributed by atoms with Gasteiger partial charge in [0.2, 0.25) is 0 Å². The Morgan fingerprint density at radius 1 is 1.17 bits per heavy atom. The number of halogens is 3. The van der Waals surface area contributed by atoms with Crippen molar-refractivity contribution in [2.24, 2.45) is 0 Å². The molecular formula is C18H24F3N5O3. The highest BCUT2D eigenvalue weighted by Gasteiger charge is 2.44. The average Bonchev–Trinajstić information content (AvgIpc) is 2.83. The predicted molar refractivity (Wildman–Crippen MR) is 98.2 cm³/mol. The third kappa shape index (κ3) is 4.78. The van der Waals surface area contributed by atoms with Crippen LogP contribution in [0, 0.1) is 0 Å². The number of pyridine rings is 1. The van der Waals surface area contributed by atoms with Crippen molar-refractivity contribution in [1.29, 1.82) is 0 Å². The number of aromatic nitrogens is 1. The molecule has 0 bridgehead atoms. The summed E-state index contributed by atoms with van der Waals surface area (Å²) < 4.78 is 37.9. The van der Waals surface area contributed by atoms with E-state index in [4.69, 9.17) is 0 Å². The van der Waals surface area contributed by atoms with Gasteiger partial charge in [-0.05, 0) is 26.0 Å². The molecule has 160 valence electrons. The number of piperazine rings is 1. The van der Waals surface area contributed by atoms with Crippen molar-refractivity contribution >= 4 is 17.8 Å². The van der Waals surface area contributed by atoms with Gasteiger partial charge < -0.3 is 15.3 Å². The molecule has 2 aliphatic rings. The van der Waals surface area contributed by atoms with Crippen LogP contribution in [0.3, 0.4) is 0 Å². The zero-order valence-electron chi connectivity index (χ0n) is 16.2. The van der Waals surface area contributed by atoms with E-state index in [2.05, 4.69) is 10.3 Å². The highest BCUT2D eigenvalue weighted by molar-refractivity contribution is 6.06. The molecule has 11 heteroatoms. The molecule has 1 aromatic heterocycles. The molecule has 0 radical (unpaired) electrons. The van der Waals surface area contributed by atoms with Crippen molar-refractivity contribution < 1.29 is 27.9 Å². The molecule has 3 heterocycles. The van der Waals surface area contributed by atoms with Gasteiger partial charge in [0.1, 0.15) is 11.4 Å². The summed E-state index contributed by atoms with van der Waals surface area (Å²) in [6.45, 7) is 5.64. The minimum atomic E-state index is -4.41. The first kappa shape index (κ1) is 21.3. The molecule has 1 atom stereocenters. The molecule has 2 aliphatic heterocycles. The van der Waals surface area contributed by atoms with Crippen LogP contribution in [-0.2, 0) is 11.0 Å². The molecule has 3 rings (SSSR count). The zero-order chi connectivity index (χ0) is 21.4. The van der Waals surface area contributed by atoms with Crippen LogP contribution in [0.15, 0.2) is 18.3 Å². The van der Waals surface area contributed by atoms with Crippen LogP contribution in [0.25, 0.3) is 0 Å². The molecule has 2 N–H and O–H groups in total. The Bertz CT molecular complexity index is 761. The van der Waals surface area contributed by atoms with Crippen LogP contribution in [0.5, 0.6) is 0 Å². The van der Waals surface area contributed by atoms with E-state index >= 15 is 0 Å². The van der Waals surface area contributed by atoms with E-state index in [0.717, 1.165) is 17.2 Å². The molecular weight excluding hydrogens is 391 g/mol. The predicted octanol–water partition coefficient (Wildman–Crippen LogP) is 0.914. The minimum absolute atomic E-state index is 0.0885. The fourth-order valence-corrected chi connectivity index (χ4v) is 3.45. The van der Waals surface area contributed by atoms with Crippen LogP contribution in [0.1, 0.15) is 19.4 Å². The summed E-state index contributed by atoms with van der Waals surface area (Å²) in [5, 5.41) is 12.9. The van der Waals surface area contributed by atoms with Gasteiger partial charge in [0.25, 0.3) is 5.91 Å². The number of imide groups is 1. The Morgan fingerprint density at radius 3 is 2.31 bits per heavy atom. The quantitative estimate of drug-likeness (QED) is 0.696. The van der Waals surface area contributed by atoms with Crippen LogP contribution in [0.4, 0.5) is 23.8 Å². The fraction of sp³-hybridized carbons (Fsp3) is 0.611. The van der Waals surface area contributed by atoms with Crippen molar-refractivity contribution in [1.82, 2.24) is 20.1 Å². The molecule has 29 heavy (non-hydrogen) atoms. The zero-order valence-corrected chi connectivity index (χ0v) is 16.2. The van der Waals surface area contributed by atoms with Crippen molar-refractivity contribution in [3.05, 3.63) is 23.9 Å². The van der Waals surface area contributed by atoms with Gasteiger partial charge in [-0.15, -0.1) is 0 Å². The minimum Gasteiger partial charge on any atom is -0.390 e. The van der Waals surface area contributed by atoms with Gasteiger partial charge >= 0.3 is 12.2 Å². The summed E-state index contributed by atoms with van der Waals surface area (Å²) in [6.07, 6.45) is -4.48. The van der Waals surface area contributed by atoms with E-state index < -0.39 is 29.4 Å². The second kappa shape index (κ2) is 7.79. The molecule has 0 aromatic carbocycles.